The molecule has 3 aromatic rings. The highest BCUT2D eigenvalue weighted by molar-refractivity contribution is 5.88. The number of hydroxylamine groups is 1. The van der Waals surface area contributed by atoms with Gasteiger partial charge < -0.3 is 0 Å². The summed E-state index contributed by atoms with van der Waals surface area (Å²) in [5, 5.41) is 16.5. The van der Waals surface area contributed by atoms with Crippen molar-refractivity contribution in [2.24, 2.45) is 0 Å². The molecule has 7 heteroatoms. The molecule has 0 spiro atoms. The number of rotatable bonds is 3. The van der Waals surface area contributed by atoms with Crippen molar-refractivity contribution in [3.05, 3.63) is 64.9 Å². The number of fused-ring (bicyclic) bond motifs is 1. The molecule has 1 aliphatic rings. The number of nitrogens with one attached hydrogen (secondary N) is 2. The topological polar surface area (TPSA) is 78.0 Å². The van der Waals surface area contributed by atoms with Crippen molar-refractivity contribution in [3.63, 3.8) is 0 Å². The molecule has 0 saturated heterocycles. The Labute approximate surface area is 154 Å². The van der Waals surface area contributed by atoms with Crippen molar-refractivity contribution in [3.8, 4) is 0 Å². The van der Waals surface area contributed by atoms with Crippen LogP contribution in [0.3, 0.4) is 0 Å². The summed E-state index contributed by atoms with van der Waals surface area (Å²) in [6.45, 7) is 1.61. The first-order chi connectivity index (χ1) is 13.0. The van der Waals surface area contributed by atoms with Gasteiger partial charge in [0.25, 0.3) is 5.91 Å². The second-order valence-corrected chi connectivity index (χ2v) is 7.18. The van der Waals surface area contributed by atoms with Crippen LogP contribution in [0.1, 0.15) is 41.9 Å². The number of hydrogen-bond acceptors (Lipinski definition) is 3. The van der Waals surface area contributed by atoms with Crippen LogP contribution in [-0.2, 0) is 10.2 Å². The summed E-state index contributed by atoms with van der Waals surface area (Å²) in [5.41, 5.74) is 2.34. The van der Waals surface area contributed by atoms with Gasteiger partial charge in [-0.25, -0.2) is 14.3 Å². The second kappa shape index (κ2) is 6.42. The van der Waals surface area contributed by atoms with Crippen LogP contribution in [0.4, 0.5) is 8.78 Å². The standard InChI is InChI=1S/C20H19F2N3O2/c1-11-15(3-2-4-16(11)21)20(19(26)25-27)8-7-12(9-20)14-6-5-13-10-23-24-18(13)17(14)22/h2-6,10,12,27H,7-9H2,1H3,(H,23,24)(H,25,26)/t12-,20+/m1/s1. The molecule has 0 aliphatic heterocycles. The molecule has 4 rings (SSSR count). The Kier molecular flexibility index (Phi) is 4.19. The molecule has 3 N–H and O–H groups in total. The summed E-state index contributed by atoms with van der Waals surface area (Å²) in [7, 11) is 0. The largest absolute Gasteiger partial charge is 0.289 e. The quantitative estimate of drug-likeness (QED) is 0.483. The first kappa shape index (κ1) is 17.6. The fraction of sp³-hybridized carbons (Fsp3) is 0.300. The zero-order valence-corrected chi connectivity index (χ0v) is 14.7. The zero-order valence-electron chi connectivity index (χ0n) is 14.7. The number of H-pyrrole nitrogens is 1. The highest BCUT2D eigenvalue weighted by Gasteiger charge is 2.48. The Morgan fingerprint density at radius 1 is 1.33 bits per heavy atom. The van der Waals surface area contributed by atoms with Gasteiger partial charge in [0.05, 0.1) is 11.6 Å². The first-order valence-electron chi connectivity index (χ1n) is 8.79. The number of aromatic nitrogens is 2. The van der Waals surface area contributed by atoms with Gasteiger partial charge in [-0.1, -0.05) is 24.3 Å². The molecule has 0 radical (unpaired) electrons. The number of benzene rings is 2. The molecule has 2 aromatic carbocycles. The third-order valence-corrected chi connectivity index (χ3v) is 5.86. The molecule has 1 fully saturated rings. The molecule has 2 atom stereocenters. The molecule has 1 heterocycles. The van der Waals surface area contributed by atoms with Crippen molar-refractivity contribution in [1.29, 1.82) is 0 Å². The maximum absolute atomic E-state index is 15.0. The van der Waals surface area contributed by atoms with E-state index in [9.17, 15) is 18.8 Å². The molecule has 140 valence electrons. The van der Waals surface area contributed by atoms with Crippen LogP contribution in [0.25, 0.3) is 10.9 Å². The van der Waals surface area contributed by atoms with E-state index >= 15 is 0 Å². The lowest BCUT2D eigenvalue weighted by Gasteiger charge is -2.29. The van der Waals surface area contributed by atoms with Gasteiger partial charge in [-0.05, 0) is 54.9 Å². The van der Waals surface area contributed by atoms with Crippen molar-refractivity contribution in [1.82, 2.24) is 15.7 Å². The summed E-state index contributed by atoms with van der Waals surface area (Å²) in [4.78, 5) is 12.6. The van der Waals surface area contributed by atoms with E-state index in [-0.39, 0.29) is 18.2 Å². The van der Waals surface area contributed by atoms with Gasteiger partial charge in [-0.2, -0.15) is 5.10 Å². The Morgan fingerprint density at radius 3 is 2.93 bits per heavy atom. The lowest BCUT2D eigenvalue weighted by molar-refractivity contribution is -0.135. The number of hydrogen-bond donors (Lipinski definition) is 3. The van der Waals surface area contributed by atoms with Crippen LogP contribution in [0, 0.1) is 18.6 Å². The molecule has 0 bridgehead atoms. The summed E-state index contributed by atoms with van der Waals surface area (Å²) in [6.07, 6.45) is 2.76. The minimum absolute atomic E-state index is 0.238. The van der Waals surface area contributed by atoms with Crippen molar-refractivity contribution < 1.29 is 18.8 Å². The normalized spacial score (nSPS) is 22.3. The lowest BCUT2D eigenvalue weighted by atomic mass is 9.75. The van der Waals surface area contributed by atoms with Gasteiger partial charge in [0, 0.05) is 5.39 Å². The molecule has 1 saturated carbocycles. The summed E-state index contributed by atoms with van der Waals surface area (Å²) in [6, 6.07) is 8.08. The average molecular weight is 371 g/mol. The van der Waals surface area contributed by atoms with Crippen LogP contribution in [-0.4, -0.2) is 21.3 Å². The Balaban J connectivity index is 1.79. The Morgan fingerprint density at radius 2 is 2.15 bits per heavy atom. The number of carbonyl (C=O) groups is 1. The van der Waals surface area contributed by atoms with E-state index in [1.165, 1.54) is 6.07 Å². The van der Waals surface area contributed by atoms with Gasteiger partial charge in [0.2, 0.25) is 0 Å². The predicted molar refractivity (Wildman–Crippen MR) is 95.4 cm³/mol. The molecular formula is C20H19F2N3O2. The maximum Gasteiger partial charge on any atom is 0.254 e. The van der Waals surface area contributed by atoms with Gasteiger partial charge in [0.1, 0.15) is 11.3 Å². The lowest BCUT2D eigenvalue weighted by Crippen LogP contribution is -2.42. The molecule has 1 aromatic heterocycles. The summed E-state index contributed by atoms with van der Waals surface area (Å²) in [5.74, 6) is -1.63. The number of aromatic amines is 1. The van der Waals surface area contributed by atoms with E-state index in [1.807, 2.05) is 0 Å². The van der Waals surface area contributed by atoms with Crippen molar-refractivity contribution in [2.45, 2.75) is 37.5 Å². The summed E-state index contributed by atoms with van der Waals surface area (Å²) < 4.78 is 29.1. The summed E-state index contributed by atoms with van der Waals surface area (Å²) >= 11 is 0. The van der Waals surface area contributed by atoms with Gasteiger partial charge in [0.15, 0.2) is 5.82 Å². The van der Waals surface area contributed by atoms with Gasteiger partial charge in [-0.3, -0.25) is 15.1 Å². The molecule has 5 nitrogen and oxygen atoms in total. The highest BCUT2D eigenvalue weighted by Crippen LogP contribution is 2.50. The van der Waals surface area contributed by atoms with E-state index < -0.39 is 17.1 Å². The van der Waals surface area contributed by atoms with Crippen molar-refractivity contribution in [2.75, 3.05) is 0 Å². The number of halogens is 2. The third-order valence-electron chi connectivity index (χ3n) is 5.86. The van der Waals surface area contributed by atoms with Crippen LogP contribution >= 0.6 is 0 Å². The zero-order chi connectivity index (χ0) is 19.2. The second-order valence-electron chi connectivity index (χ2n) is 7.18. The van der Waals surface area contributed by atoms with E-state index in [4.69, 9.17) is 0 Å². The minimum atomic E-state index is -1.11. The first-order valence-corrected chi connectivity index (χ1v) is 8.79. The minimum Gasteiger partial charge on any atom is -0.289 e. The van der Waals surface area contributed by atoms with Crippen LogP contribution < -0.4 is 5.48 Å². The van der Waals surface area contributed by atoms with Crippen LogP contribution in [0.15, 0.2) is 36.5 Å². The number of amides is 1. The third kappa shape index (κ3) is 2.61. The Bertz CT molecular complexity index is 1030. The fourth-order valence-corrected chi connectivity index (χ4v) is 4.43. The molecular weight excluding hydrogens is 352 g/mol. The Hall–Kier alpha value is -2.80. The van der Waals surface area contributed by atoms with E-state index in [2.05, 4.69) is 10.2 Å². The number of nitrogens with zero attached hydrogens (tertiary/aromatic N) is 1. The fourth-order valence-electron chi connectivity index (χ4n) is 4.43. The van der Waals surface area contributed by atoms with E-state index in [1.54, 1.807) is 42.9 Å². The van der Waals surface area contributed by atoms with Gasteiger partial charge >= 0.3 is 0 Å². The van der Waals surface area contributed by atoms with Gasteiger partial charge in [-0.15, -0.1) is 0 Å². The van der Waals surface area contributed by atoms with E-state index in [0.29, 0.717) is 40.4 Å². The van der Waals surface area contributed by atoms with Crippen LogP contribution in [0.2, 0.25) is 0 Å². The smallest absolute Gasteiger partial charge is 0.254 e. The molecule has 0 unspecified atom stereocenters. The number of carbonyl (C=O) groups excluding carboxylic acids is 1. The molecule has 27 heavy (non-hydrogen) atoms. The molecule has 1 amide bonds. The van der Waals surface area contributed by atoms with E-state index in [0.717, 1.165) is 0 Å². The highest BCUT2D eigenvalue weighted by atomic mass is 19.1. The van der Waals surface area contributed by atoms with Crippen molar-refractivity contribution >= 4 is 16.8 Å². The SMILES string of the molecule is Cc1c(F)cccc1[C@]1(C(=O)NO)CC[C@@H](c2ccc3cn[nH]c3c2F)C1. The predicted octanol–water partition coefficient (Wildman–Crippen LogP) is 3.86. The molecule has 1 aliphatic carbocycles. The average Bonchev–Trinajstić information content (AvgIpc) is 3.32. The maximum atomic E-state index is 15.0. The monoisotopic (exact) mass is 371 g/mol. The van der Waals surface area contributed by atoms with Crippen LogP contribution in [0.5, 0.6) is 0 Å².